The minimum absolute atomic E-state index is 0.00705. The molecule has 7 nitrogen and oxygen atoms in total. The molecule has 0 amide bonds. The Balaban J connectivity index is 1.31. The van der Waals surface area contributed by atoms with Crippen LogP contribution in [0.4, 0.5) is 4.39 Å². The van der Waals surface area contributed by atoms with Gasteiger partial charge < -0.3 is 15.2 Å². The van der Waals surface area contributed by atoms with Crippen molar-refractivity contribution in [3.8, 4) is 27.2 Å². The third-order valence-electron chi connectivity index (χ3n) is 5.86. The number of phenolic OH excluding ortho intramolecular Hbond substituents is 1. The van der Waals surface area contributed by atoms with Crippen molar-refractivity contribution in [2.45, 2.75) is 51.0 Å². The van der Waals surface area contributed by atoms with Gasteiger partial charge in [-0.2, -0.15) is 5.10 Å². The third-order valence-corrected chi connectivity index (χ3v) is 6.70. The molecule has 2 aliphatic rings. The summed E-state index contributed by atoms with van der Waals surface area (Å²) >= 11 is 1.28. The fraction of sp³-hybridized carbons (Fsp3) is 0.450. The van der Waals surface area contributed by atoms with Gasteiger partial charge in [0.05, 0.1) is 16.9 Å². The zero-order valence-electron chi connectivity index (χ0n) is 16.1. The number of fused-ring (bicyclic) bond motifs is 2. The third kappa shape index (κ3) is 3.38. The summed E-state index contributed by atoms with van der Waals surface area (Å²) in [6.07, 6.45) is 2.33. The number of aryl methyl sites for hydroxylation is 1. The normalized spacial score (nSPS) is 28.6. The highest BCUT2D eigenvalue weighted by atomic mass is 32.1. The molecule has 5 rings (SSSR count). The number of nitrogens with zero attached hydrogens (tertiary/aromatic N) is 4. The number of alkyl halides is 1. The first-order chi connectivity index (χ1) is 14.0. The van der Waals surface area contributed by atoms with Crippen LogP contribution in [-0.2, 0) is 0 Å². The van der Waals surface area contributed by atoms with Crippen molar-refractivity contribution in [3.63, 3.8) is 0 Å². The zero-order chi connectivity index (χ0) is 20.1. The number of piperidine rings is 1. The van der Waals surface area contributed by atoms with Crippen LogP contribution in [-0.4, -0.2) is 49.4 Å². The topological polar surface area (TPSA) is 85.1 Å². The van der Waals surface area contributed by atoms with Crippen LogP contribution in [0.15, 0.2) is 30.5 Å². The predicted octanol–water partition coefficient (Wildman–Crippen LogP) is 3.26. The molecule has 0 spiro atoms. The Morgan fingerprint density at radius 2 is 2.07 bits per heavy atom. The van der Waals surface area contributed by atoms with E-state index in [0.717, 1.165) is 17.8 Å². The van der Waals surface area contributed by atoms with Crippen molar-refractivity contribution in [2.24, 2.45) is 5.92 Å². The minimum Gasteiger partial charge on any atom is -0.507 e. The highest BCUT2D eigenvalue weighted by molar-refractivity contribution is 7.16. The summed E-state index contributed by atoms with van der Waals surface area (Å²) in [5.74, 6) is 0.111. The molecule has 152 valence electrons. The molecule has 3 aromatic rings. The second kappa shape index (κ2) is 7.07. The Bertz CT molecular complexity index is 1020. The van der Waals surface area contributed by atoms with E-state index in [1.807, 2.05) is 32.2 Å². The number of hydrogen-bond acceptors (Lipinski definition) is 7. The predicted molar refractivity (Wildman–Crippen MR) is 107 cm³/mol. The molecule has 0 radical (unpaired) electrons. The van der Waals surface area contributed by atoms with Gasteiger partial charge in [-0.15, -0.1) is 5.10 Å². The number of hydrogen-bond donors (Lipinski definition) is 2. The lowest BCUT2D eigenvalue weighted by atomic mass is 9.99. The Morgan fingerprint density at radius 3 is 2.79 bits per heavy atom. The summed E-state index contributed by atoms with van der Waals surface area (Å²) in [6.45, 7) is 3.86. The summed E-state index contributed by atoms with van der Waals surface area (Å²) in [7, 11) is 0. The molecule has 29 heavy (non-hydrogen) atoms. The maximum absolute atomic E-state index is 14.2. The van der Waals surface area contributed by atoms with Crippen LogP contribution < -0.4 is 10.1 Å². The SMILES string of the molecule is Cc1ccn(-c2ccc(-c3nnc(OC4CC5NC(C4)C(F)C5C)s3)c(O)c2)n1. The van der Waals surface area contributed by atoms with Crippen LogP contribution in [0.1, 0.15) is 25.5 Å². The van der Waals surface area contributed by atoms with E-state index >= 15 is 0 Å². The molecule has 1 aromatic carbocycles. The number of nitrogens with one attached hydrogen (secondary N) is 1. The minimum atomic E-state index is -0.826. The first-order valence-electron chi connectivity index (χ1n) is 9.74. The molecule has 2 N–H and O–H groups in total. The molecule has 5 atom stereocenters. The number of benzene rings is 1. The van der Waals surface area contributed by atoms with E-state index in [-0.39, 0.29) is 29.9 Å². The van der Waals surface area contributed by atoms with Gasteiger partial charge in [0.1, 0.15) is 18.0 Å². The maximum Gasteiger partial charge on any atom is 0.294 e. The van der Waals surface area contributed by atoms with Gasteiger partial charge in [-0.25, -0.2) is 9.07 Å². The lowest BCUT2D eigenvalue weighted by Crippen LogP contribution is -2.44. The van der Waals surface area contributed by atoms with Crippen LogP contribution >= 0.6 is 11.3 Å². The van der Waals surface area contributed by atoms with E-state index in [1.165, 1.54) is 11.3 Å². The number of rotatable bonds is 4. The Hall–Kier alpha value is -2.52. The lowest BCUT2D eigenvalue weighted by molar-refractivity contribution is 0.127. The molecule has 2 bridgehead atoms. The van der Waals surface area contributed by atoms with Crippen molar-refractivity contribution < 1.29 is 14.2 Å². The van der Waals surface area contributed by atoms with E-state index in [0.29, 0.717) is 22.2 Å². The molecule has 5 unspecified atom stereocenters. The molecular formula is C20H22FN5O2S. The molecule has 9 heteroatoms. The summed E-state index contributed by atoms with van der Waals surface area (Å²) < 4.78 is 22.0. The second-order valence-corrected chi connectivity index (χ2v) is 8.81. The monoisotopic (exact) mass is 415 g/mol. The van der Waals surface area contributed by atoms with Crippen molar-refractivity contribution >= 4 is 11.3 Å². The smallest absolute Gasteiger partial charge is 0.294 e. The van der Waals surface area contributed by atoms with E-state index in [1.54, 1.807) is 16.8 Å². The molecule has 2 saturated heterocycles. The van der Waals surface area contributed by atoms with E-state index in [2.05, 4.69) is 20.6 Å². The molecule has 2 fully saturated rings. The molecule has 2 aliphatic heterocycles. The number of ether oxygens (including phenoxy) is 1. The summed E-state index contributed by atoms with van der Waals surface area (Å²) in [5.41, 5.74) is 2.26. The van der Waals surface area contributed by atoms with Gasteiger partial charge in [-0.3, -0.25) is 0 Å². The van der Waals surface area contributed by atoms with Crippen molar-refractivity contribution in [1.29, 1.82) is 0 Å². The molecular weight excluding hydrogens is 393 g/mol. The number of halogens is 1. The molecule has 0 saturated carbocycles. The van der Waals surface area contributed by atoms with Gasteiger partial charge in [0.2, 0.25) is 0 Å². The fourth-order valence-electron chi connectivity index (χ4n) is 4.26. The summed E-state index contributed by atoms with van der Waals surface area (Å²) in [4.78, 5) is 0. The fourth-order valence-corrected chi connectivity index (χ4v) is 5.05. The van der Waals surface area contributed by atoms with Gasteiger partial charge in [0.15, 0.2) is 5.01 Å². The van der Waals surface area contributed by atoms with Gasteiger partial charge in [0.25, 0.3) is 5.19 Å². The van der Waals surface area contributed by atoms with Crippen molar-refractivity contribution in [3.05, 3.63) is 36.2 Å². The van der Waals surface area contributed by atoms with E-state index in [4.69, 9.17) is 4.74 Å². The first-order valence-corrected chi connectivity index (χ1v) is 10.6. The van der Waals surface area contributed by atoms with Crippen molar-refractivity contribution in [1.82, 2.24) is 25.3 Å². The largest absolute Gasteiger partial charge is 0.507 e. The van der Waals surface area contributed by atoms with Crippen LogP contribution in [0.5, 0.6) is 10.9 Å². The van der Waals surface area contributed by atoms with E-state index in [9.17, 15) is 9.50 Å². The second-order valence-electron chi connectivity index (χ2n) is 7.87. The van der Waals surface area contributed by atoms with Crippen LogP contribution in [0.2, 0.25) is 0 Å². The quantitative estimate of drug-likeness (QED) is 0.680. The number of aromatic nitrogens is 4. The first kappa shape index (κ1) is 18.5. The van der Waals surface area contributed by atoms with Gasteiger partial charge >= 0.3 is 0 Å². The Morgan fingerprint density at radius 1 is 1.24 bits per heavy atom. The lowest BCUT2D eigenvalue weighted by Gasteiger charge is -2.28. The standard InChI is InChI=1S/C20H22FN5O2S/c1-10-5-6-26(25-10)12-3-4-14(17(27)7-12)19-23-24-20(29-19)28-13-8-15-11(2)18(21)16(9-13)22-15/h3-7,11,13,15-16,18,22,27H,8-9H2,1-2H3. The number of aromatic hydroxyl groups is 1. The molecule has 4 heterocycles. The van der Waals surface area contributed by atoms with E-state index < -0.39 is 6.17 Å². The Kier molecular flexibility index (Phi) is 4.51. The van der Waals surface area contributed by atoms with Crippen LogP contribution in [0, 0.1) is 12.8 Å². The summed E-state index contributed by atoms with van der Waals surface area (Å²) in [6, 6.07) is 7.21. The van der Waals surface area contributed by atoms with Gasteiger partial charge in [-0.1, -0.05) is 23.4 Å². The summed E-state index contributed by atoms with van der Waals surface area (Å²) in [5, 5.41) is 27.5. The van der Waals surface area contributed by atoms with Crippen LogP contribution in [0.3, 0.4) is 0 Å². The van der Waals surface area contributed by atoms with Crippen molar-refractivity contribution in [2.75, 3.05) is 0 Å². The van der Waals surface area contributed by atoms with Gasteiger partial charge in [-0.05, 0) is 25.1 Å². The molecule has 0 aliphatic carbocycles. The zero-order valence-corrected chi connectivity index (χ0v) is 16.9. The van der Waals surface area contributed by atoms with Crippen LogP contribution in [0.25, 0.3) is 16.3 Å². The number of phenols is 1. The average molecular weight is 415 g/mol. The molecule has 2 aromatic heterocycles. The average Bonchev–Trinajstić information content (AvgIpc) is 3.39. The highest BCUT2D eigenvalue weighted by Gasteiger charge is 2.46. The highest BCUT2D eigenvalue weighted by Crippen LogP contribution is 2.38. The Labute approximate surface area is 171 Å². The van der Waals surface area contributed by atoms with Gasteiger partial charge in [0, 0.05) is 43.1 Å². The maximum atomic E-state index is 14.2.